The quantitative estimate of drug-likeness (QED) is 0.187. The molecule has 0 bridgehead atoms. The molecule has 9 heteroatoms. The number of halogens is 1. The standard InChI is InChI=1S/C34H36BrN3O4S/c1-3-22-36-34(40)32(23-27-13-6-4-7-14-27)37(24-28-15-11-10-12-26(28)2)33(39)25-38(30-20-18-29(35)19-21-30)43(41,42)31-16-8-5-9-17-31/h4-21,32H,3,22-25H2,1-2H3,(H,36,40)/t32-/m1/s1. The van der Waals surface area contributed by atoms with Crippen LogP contribution in [0.2, 0.25) is 0 Å². The first-order chi connectivity index (χ1) is 20.7. The Morgan fingerprint density at radius 1 is 0.837 bits per heavy atom. The third-order valence-electron chi connectivity index (χ3n) is 7.15. The number of carbonyl (C=O) groups excluding carboxylic acids is 2. The zero-order valence-corrected chi connectivity index (χ0v) is 26.7. The van der Waals surface area contributed by atoms with Gasteiger partial charge in [0.05, 0.1) is 10.6 Å². The number of sulfonamides is 1. The summed E-state index contributed by atoms with van der Waals surface area (Å²) >= 11 is 3.41. The van der Waals surface area contributed by atoms with Gasteiger partial charge in [-0.2, -0.15) is 0 Å². The lowest BCUT2D eigenvalue weighted by Gasteiger charge is -2.34. The van der Waals surface area contributed by atoms with Crippen molar-refractivity contribution in [3.8, 4) is 0 Å². The zero-order chi connectivity index (χ0) is 30.8. The first-order valence-corrected chi connectivity index (χ1v) is 16.4. The molecule has 0 unspecified atom stereocenters. The number of aryl methyl sites for hydroxylation is 1. The minimum Gasteiger partial charge on any atom is -0.354 e. The third kappa shape index (κ3) is 8.33. The van der Waals surface area contributed by atoms with Crippen LogP contribution in [0.15, 0.2) is 119 Å². The summed E-state index contributed by atoms with van der Waals surface area (Å²) in [6.45, 7) is 4.03. The van der Waals surface area contributed by atoms with Gasteiger partial charge in [0, 0.05) is 24.0 Å². The maximum Gasteiger partial charge on any atom is 0.264 e. The molecule has 2 amide bonds. The van der Waals surface area contributed by atoms with E-state index < -0.39 is 28.5 Å². The summed E-state index contributed by atoms with van der Waals surface area (Å²) in [5.41, 5.74) is 3.07. The van der Waals surface area contributed by atoms with E-state index in [0.717, 1.165) is 31.9 Å². The highest BCUT2D eigenvalue weighted by Crippen LogP contribution is 2.26. The number of nitrogens with one attached hydrogen (secondary N) is 1. The summed E-state index contributed by atoms with van der Waals surface area (Å²) in [7, 11) is -4.13. The molecule has 1 atom stereocenters. The highest BCUT2D eigenvalue weighted by molar-refractivity contribution is 9.10. The van der Waals surface area contributed by atoms with Gasteiger partial charge < -0.3 is 10.2 Å². The summed E-state index contributed by atoms with van der Waals surface area (Å²) in [4.78, 5) is 29.7. The van der Waals surface area contributed by atoms with E-state index in [2.05, 4.69) is 21.2 Å². The number of nitrogens with zero attached hydrogens (tertiary/aromatic N) is 2. The van der Waals surface area contributed by atoms with Crippen molar-refractivity contribution in [3.05, 3.63) is 130 Å². The van der Waals surface area contributed by atoms with Crippen molar-refractivity contribution in [3.63, 3.8) is 0 Å². The van der Waals surface area contributed by atoms with Crippen LogP contribution < -0.4 is 9.62 Å². The number of carbonyl (C=O) groups is 2. The molecular formula is C34H36BrN3O4S. The fraction of sp³-hybridized carbons (Fsp3) is 0.235. The fourth-order valence-electron chi connectivity index (χ4n) is 4.75. The molecule has 0 radical (unpaired) electrons. The molecule has 0 spiro atoms. The van der Waals surface area contributed by atoms with E-state index in [4.69, 9.17) is 0 Å². The molecule has 0 aliphatic heterocycles. The van der Waals surface area contributed by atoms with Crippen LogP contribution in [0.4, 0.5) is 5.69 Å². The third-order valence-corrected chi connectivity index (χ3v) is 9.46. The molecule has 0 saturated carbocycles. The molecule has 0 heterocycles. The van der Waals surface area contributed by atoms with E-state index in [-0.39, 0.29) is 23.8 Å². The van der Waals surface area contributed by atoms with E-state index in [1.165, 1.54) is 17.0 Å². The average Bonchev–Trinajstić information content (AvgIpc) is 3.02. The molecule has 4 aromatic carbocycles. The highest BCUT2D eigenvalue weighted by atomic mass is 79.9. The van der Waals surface area contributed by atoms with Gasteiger partial charge in [0.1, 0.15) is 12.6 Å². The Bertz CT molecular complexity index is 1610. The molecule has 43 heavy (non-hydrogen) atoms. The summed E-state index contributed by atoms with van der Waals surface area (Å²) < 4.78 is 29.9. The smallest absolute Gasteiger partial charge is 0.264 e. The van der Waals surface area contributed by atoms with E-state index in [1.54, 1.807) is 42.5 Å². The predicted octanol–water partition coefficient (Wildman–Crippen LogP) is 6.12. The van der Waals surface area contributed by atoms with Gasteiger partial charge in [0.2, 0.25) is 11.8 Å². The molecule has 1 N–H and O–H groups in total. The second-order valence-corrected chi connectivity index (χ2v) is 13.0. The number of amides is 2. The van der Waals surface area contributed by atoms with Crippen molar-refractivity contribution in [2.24, 2.45) is 0 Å². The largest absolute Gasteiger partial charge is 0.354 e. The van der Waals surface area contributed by atoms with Crippen LogP contribution in [0, 0.1) is 6.92 Å². The maximum atomic E-state index is 14.4. The minimum absolute atomic E-state index is 0.0673. The number of hydrogen-bond acceptors (Lipinski definition) is 4. The Kier molecular flexibility index (Phi) is 11.1. The van der Waals surface area contributed by atoms with Crippen molar-refractivity contribution >= 4 is 43.5 Å². The Hall–Kier alpha value is -3.95. The summed E-state index contributed by atoms with van der Waals surface area (Å²) in [6, 6.07) is 31.2. The highest BCUT2D eigenvalue weighted by Gasteiger charge is 2.34. The summed E-state index contributed by atoms with van der Waals surface area (Å²) in [5.74, 6) is -0.771. The van der Waals surface area contributed by atoms with Gasteiger partial charge in [-0.3, -0.25) is 13.9 Å². The lowest BCUT2D eigenvalue weighted by Crippen LogP contribution is -2.53. The van der Waals surface area contributed by atoms with Crippen LogP contribution in [0.3, 0.4) is 0 Å². The van der Waals surface area contributed by atoms with Crippen molar-refractivity contribution in [1.82, 2.24) is 10.2 Å². The molecule has 0 saturated heterocycles. The number of anilines is 1. The van der Waals surface area contributed by atoms with Gasteiger partial charge in [-0.25, -0.2) is 8.42 Å². The van der Waals surface area contributed by atoms with Crippen molar-refractivity contribution < 1.29 is 18.0 Å². The molecule has 0 fully saturated rings. The number of benzene rings is 4. The fourth-order valence-corrected chi connectivity index (χ4v) is 6.45. The first-order valence-electron chi connectivity index (χ1n) is 14.2. The predicted molar refractivity (Wildman–Crippen MR) is 174 cm³/mol. The average molecular weight is 663 g/mol. The van der Waals surface area contributed by atoms with Crippen LogP contribution >= 0.6 is 15.9 Å². The Morgan fingerprint density at radius 3 is 2.07 bits per heavy atom. The summed E-state index contributed by atoms with van der Waals surface area (Å²) in [6.07, 6.45) is 1.01. The second-order valence-electron chi connectivity index (χ2n) is 10.2. The molecule has 0 aliphatic rings. The van der Waals surface area contributed by atoms with E-state index in [0.29, 0.717) is 12.2 Å². The Morgan fingerprint density at radius 2 is 1.44 bits per heavy atom. The molecule has 7 nitrogen and oxygen atoms in total. The maximum absolute atomic E-state index is 14.4. The molecule has 0 aromatic heterocycles. The van der Waals surface area contributed by atoms with E-state index in [1.807, 2.05) is 68.4 Å². The van der Waals surface area contributed by atoms with Gasteiger partial charge in [-0.15, -0.1) is 0 Å². The van der Waals surface area contributed by atoms with Crippen LogP contribution in [0.25, 0.3) is 0 Å². The van der Waals surface area contributed by atoms with Crippen molar-refractivity contribution in [2.45, 2.75) is 44.2 Å². The summed E-state index contributed by atoms with van der Waals surface area (Å²) in [5, 5.41) is 2.97. The molecule has 0 aliphatic carbocycles. The van der Waals surface area contributed by atoms with Crippen LogP contribution in [0.5, 0.6) is 0 Å². The van der Waals surface area contributed by atoms with Gasteiger partial charge in [0.25, 0.3) is 10.0 Å². The molecule has 224 valence electrons. The second kappa shape index (κ2) is 15.0. The van der Waals surface area contributed by atoms with Crippen molar-refractivity contribution in [1.29, 1.82) is 0 Å². The molecule has 4 aromatic rings. The topological polar surface area (TPSA) is 86.8 Å². The lowest BCUT2D eigenvalue weighted by molar-refractivity contribution is -0.140. The Labute approximate surface area is 262 Å². The molecular weight excluding hydrogens is 626 g/mol. The normalized spacial score (nSPS) is 11.9. The van der Waals surface area contributed by atoms with Crippen LogP contribution in [-0.2, 0) is 32.6 Å². The number of hydrogen-bond donors (Lipinski definition) is 1. The van der Waals surface area contributed by atoms with E-state index in [9.17, 15) is 18.0 Å². The van der Waals surface area contributed by atoms with Gasteiger partial charge in [-0.1, -0.05) is 95.7 Å². The number of rotatable bonds is 13. The first kappa shape index (κ1) is 32.0. The van der Waals surface area contributed by atoms with Crippen molar-refractivity contribution in [2.75, 3.05) is 17.4 Å². The van der Waals surface area contributed by atoms with Gasteiger partial charge >= 0.3 is 0 Å². The van der Waals surface area contributed by atoms with Crippen LogP contribution in [0.1, 0.15) is 30.0 Å². The molecule has 4 rings (SSSR count). The van der Waals surface area contributed by atoms with Gasteiger partial charge in [0.15, 0.2) is 0 Å². The SMILES string of the molecule is CCCNC(=O)[C@@H](Cc1ccccc1)N(Cc1ccccc1C)C(=O)CN(c1ccc(Br)cc1)S(=O)(=O)c1ccccc1. The zero-order valence-electron chi connectivity index (χ0n) is 24.3. The minimum atomic E-state index is -4.13. The van der Waals surface area contributed by atoms with Crippen LogP contribution in [-0.4, -0.2) is 44.3 Å². The monoisotopic (exact) mass is 661 g/mol. The van der Waals surface area contributed by atoms with E-state index >= 15 is 0 Å². The Balaban J connectivity index is 1.79. The van der Waals surface area contributed by atoms with Gasteiger partial charge in [-0.05, 0) is 66.4 Å². The lowest BCUT2D eigenvalue weighted by atomic mass is 10.0.